The van der Waals surface area contributed by atoms with Gasteiger partial charge in [-0.1, -0.05) is 11.8 Å². The van der Waals surface area contributed by atoms with Crippen molar-refractivity contribution in [3.05, 3.63) is 56.8 Å². The van der Waals surface area contributed by atoms with Crippen molar-refractivity contribution < 1.29 is 22.7 Å². The van der Waals surface area contributed by atoms with Gasteiger partial charge in [0, 0.05) is 4.88 Å². The summed E-state index contributed by atoms with van der Waals surface area (Å²) in [6.07, 6.45) is 3.94. The van der Waals surface area contributed by atoms with Crippen LogP contribution in [-0.2, 0) is 32.4 Å². The Bertz CT molecular complexity index is 1760. The van der Waals surface area contributed by atoms with Gasteiger partial charge < -0.3 is 15.0 Å². The fourth-order valence-electron chi connectivity index (χ4n) is 4.27. The zero-order valence-corrected chi connectivity index (χ0v) is 23.3. The summed E-state index contributed by atoms with van der Waals surface area (Å²) in [5.41, 5.74) is 1.62. The topological polar surface area (TPSA) is 179 Å². The zero-order valence-electron chi connectivity index (χ0n) is 20.9. The molecular weight excluding hydrogens is 565 g/mol. The van der Waals surface area contributed by atoms with Crippen LogP contribution in [0.15, 0.2) is 45.3 Å². The number of aryl methyl sites for hydroxylation is 1. The normalized spacial score (nSPS) is 13.8. The van der Waals surface area contributed by atoms with Gasteiger partial charge in [-0.3, -0.25) is 9.59 Å². The summed E-state index contributed by atoms with van der Waals surface area (Å²) in [5.74, 6) is -0.811. The lowest BCUT2D eigenvalue weighted by molar-refractivity contribution is -0.115. The zero-order chi connectivity index (χ0) is 27.9. The number of carbonyl (C=O) groups excluding carboxylic acids is 2. The quantitative estimate of drug-likeness (QED) is 0.158. The number of rotatable bonds is 8. The Morgan fingerprint density at radius 1 is 1.28 bits per heavy atom. The number of hydrogen-bond donors (Lipinski definition) is 3. The van der Waals surface area contributed by atoms with Crippen LogP contribution in [0.1, 0.15) is 41.1 Å². The molecule has 3 heterocycles. The molecular formula is C24H24N6O6S3. The third-order valence-corrected chi connectivity index (χ3v) is 9.24. The van der Waals surface area contributed by atoms with Crippen molar-refractivity contribution in [1.82, 2.24) is 19.7 Å². The maximum atomic E-state index is 13.1. The molecule has 1 aliphatic carbocycles. The number of fused-ring (bicyclic) bond motifs is 2. The van der Waals surface area contributed by atoms with E-state index in [1.165, 1.54) is 46.5 Å². The van der Waals surface area contributed by atoms with E-state index in [9.17, 15) is 22.8 Å². The highest BCUT2D eigenvalue weighted by molar-refractivity contribution is 8.00. The number of nitrogens with two attached hydrogens (primary N) is 1. The number of esters is 1. The Morgan fingerprint density at radius 3 is 2.72 bits per heavy atom. The number of sulfonamides is 1. The molecule has 0 bridgehead atoms. The Morgan fingerprint density at radius 2 is 2.03 bits per heavy atom. The fraction of sp³-hybridized carbons (Fsp3) is 0.292. The van der Waals surface area contributed by atoms with Crippen LogP contribution in [0, 0.1) is 0 Å². The molecule has 0 aliphatic heterocycles. The van der Waals surface area contributed by atoms with Gasteiger partial charge in [0.2, 0.25) is 15.9 Å². The summed E-state index contributed by atoms with van der Waals surface area (Å²) in [6.45, 7) is 3.63. The predicted molar refractivity (Wildman–Crippen MR) is 147 cm³/mol. The van der Waals surface area contributed by atoms with E-state index in [-0.39, 0.29) is 33.6 Å². The fourth-order valence-corrected chi connectivity index (χ4v) is 6.85. The van der Waals surface area contributed by atoms with Crippen molar-refractivity contribution in [3.8, 4) is 5.69 Å². The molecule has 15 heteroatoms. The number of amides is 1. The lowest BCUT2D eigenvalue weighted by atomic mass is 10.1. The second-order valence-corrected chi connectivity index (χ2v) is 12.7. The lowest BCUT2D eigenvalue weighted by Gasteiger charge is -2.12. The Labute approximate surface area is 231 Å². The van der Waals surface area contributed by atoms with E-state index >= 15 is 0 Å². The average Bonchev–Trinajstić information content (AvgIpc) is 3.58. The van der Waals surface area contributed by atoms with Crippen molar-refractivity contribution in [2.24, 2.45) is 5.14 Å². The summed E-state index contributed by atoms with van der Waals surface area (Å²) in [5, 5.41) is 12.4. The first-order valence-electron chi connectivity index (χ1n) is 12.0. The number of H-pyrrole nitrogens is 1. The number of nitrogens with one attached hydrogen (secondary N) is 2. The van der Waals surface area contributed by atoms with Crippen molar-refractivity contribution in [2.75, 3.05) is 11.9 Å². The lowest BCUT2D eigenvalue weighted by Crippen LogP contribution is -2.24. The van der Waals surface area contributed by atoms with Gasteiger partial charge in [-0.15, -0.1) is 11.3 Å². The first kappa shape index (κ1) is 27.1. The molecule has 1 unspecified atom stereocenters. The molecule has 1 atom stereocenters. The van der Waals surface area contributed by atoms with Crippen LogP contribution in [0.3, 0.4) is 0 Å². The number of carbonyl (C=O) groups is 2. The number of thioether (sulfide) groups is 1. The number of hydrogen-bond acceptors (Lipinski definition) is 10. The molecule has 12 nitrogen and oxygen atoms in total. The molecule has 39 heavy (non-hydrogen) atoms. The van der Waals surface area contributed by atoms with Crippen molar-refractivity contribution in [1.29, 1.82) is 0 Å². The average molecular weight is 589 g/mol. The van der Waals surface area contributed by atoms with Crippen LogP contribution in [0.4, 0.5) is 5.00 Å². The van der Waals surface area contributed by atoms with Gasteiger partial charge in [0.25, 0.3) is 5.56 Å². The minimum Gasteiger partial charge on any atom is -0.462 e. The van der Waals surface area contributed by atoms with E-state index in [1.807, 2.05) is 0 Å². The number of aromatic nitrogens is 4. The maximum absolute atomic E-state index is 13.1. The van der Waals surface area contributed by atoms with Crippen LogP contribution < -0.4 is 16.0 Å². The third-order valence-electron chi connectivity index (χ3n) is 6.12. The monoisotopic (exact) mass is 588 g/mol. The highest BCUT2D eigenvalue weighted by atomic mass is 32.2. The Hall–Kier alpha value is -3.53. The highest BCUT2D eigenvalue weighted by Gasteiger charge is 2.29. The SMILES string of the molecule is CCOC(=O)c1c(NC(=O)C(C)Sc2nc3c(cnn3-c3ccc(S(N)(=O)=O)cc3)c(=O)[nH]2)sc2c1CCC2. The first-order valence-corrected chi connectivity index (χ1v) is 15.2. The molecule has 0 saturated carbocycles. The molecule has 3 aromatic heterocycles. The number of benzene rings is 1. The van der Waals surface area contributed by atoms with Gasteiger partial charge >= 0.3 is 5.97 Å². The minimum atomic E-state index is -3.87. The van der Waals surface area contributed by atoms with Crippen LogP contribution in [0.25, 0.3) is 16.7 Å². The highest BCUT2D eigenvalue weighted by Crippen LogP contribution is 2.40. The molecule has 0 fully saturated rings. The summed E-state index contributed by atoms with van der Waals surface area (Å²) in [4.78, 5) is 46.6. The van der Waals surface area contributed by atoms with Gasteiger partial charge in [0.15, 0.2) is 10.8 Å². The first-order chi connectivity index (χ1) is 18.6. The molecule has 0 saturated heterocycles. The third kappa shape index (κ3) is 5.34. The van der Waals surface area contributed by atoms with Gasteiger partial charge in [-0.05, 0) is 62.9 Å². The summed E-state index contributed by atoms with van der Waals surface area (Å²) < 4.78 is 29.7. The van der Waals surface area contributed by atoms with E-state index in [4.69, 9.17) is 9.88 Å². The number of nitrogens with zero attached hydrogens (tertiary/aromatic N) is 3. The van der Waals surface area contributed by atoms with Crippen molar-refractivity contribution in [3.63, 3.8) is 0 Å². The van der Waals surface area contributed by atoms with E-state index in [0.29, 0.717) is 16.3 Å². The predicted octanol–water partition coefficient (Wildman–Crippen LogP) is 2.60. The van der Waals surface area contributed by atoms with Crippen molar-refractivity contribution >= 4 is 61.0 Å². The van der Waals surface area contributed by atoms with E-state index in [2.05, 4.69) is 20.4 Å². The number of ether oxygens (including phenoxy) is 1. The maximum Gasteiger partial charge on any atom is 0.341 e. The van der Waals surface area contributed by atoms with Gasteiger partial charge in [-0.2, -0.15) is 5.10 Å². The molecule has 204 valence electrons. The number of aromatic amines is 1. The number of anilines is 1. The molecule has 0 radical (unpaired) electrons. The minimum absolute atomic E-state index is 0.0633. The van der Waals surface area contributed by atoms with Crippen LogP contribution >= 0.6 is 23.1 Å². The second-order valence-electron chi connectivity index (χ2n) is 8.73. The largest absolute Gasteiger partial charge is 0.462 e. The molecule has 4 aromatic rings. The molecule has 1 amide bonds. The second kappa shape index (κ2) is 10.6. The standard InChI is InChI=1S/C24H24N6O6S3/c1-3-36-23(33)18-15-5-4-6-17(15)38-22(18)28-20(31)12(2)37-24-27-19-16(21(32)29-24)11-26-30(19)13-7-9-14(10-8-13)39(25,34)35/h7-12H,3-6H2,1-2H3,(H,28,31)(H2,25,34,35)(H,27,29,32). The number of primary sulfonamides is 1. The molecule has 0 spiro atoms. The molecule has 1 aromatic carbocycles. The number of thiophene rings is 1. The van der Waals surface area contributed by atoms with E-state index < -0.39 is 26.8 Å². The molecule has 5 rings (SSSR count). The molecule has 1 aliphatic rings. The smallest absolute Gasteiger partial charge is 0.341 e. The Kier molecular flexibility index (Phi) is 7.33. The van der Waals surface area contributed by atoms with Crippen LogP contribution in [-0.4, -0.2) is 51.9 Å². The van der Waals surface area contributed by atoms with E-state index in [0.717, 1.165) is 41.5 Å². The Balaban J connectivity index is 1.39. The summed E-state index contributed by atoms with van der Waals surface area (Å²) in [6, 6.07) is 5.66. The van der Waals surface area contributed by atoms with Crippen molar-refractivity contribution in [2.45, 2.75) is 48.4 Å². The van der Waals surface area contributed by atoms with Crippen LogP contribution in [0.5, 0.6) is 0 Å². The van der Waals surface area contributed by atoms with E-state index in [1.54, 1.807) is 13.8 Å². The summed E-state index contributed by atoms with van der Waals surface area (Å²) in [7, 11) is -3.87. The van der Waals surface area contributed by atoms with Crippen LogP contribution in [0.2, 0.25) is 0 Å². The molecule has 4 N–H and O–H groups in total. The van der Waals surface area contributed by atoms with Gasteiger partial charge in [0.1, 0.15) is 10.4 Å². The summed E-state index contributed by atoms with van der Waals surface area (Å²) >= 11 is 2.43. The van der Waals surface area contributed by atoms with Gasteiger partial charge in [0.05, 0.1) is 34.2 Å². The van der Waals surface area contributed by atoms with Gasteiger partial charge in [-0.25, -0.2) is 28.0 Å².